The van der Waals surface area contributed by atoms with Gasteiger partial charge in [0.1, 0.15) is 5.75 Å². The number of carbonyl (C=O) groups excluding carboxylic acids is 2. The summed E-state index contributed by atoms with van der Waals surface area (Å²) < 4.78 is 9.75. The molecule has 0 aliphatic carbocycles. The van der Waals surface area contributed by atoms with Crippen LogP contribution in [0.5, 0.6) is 5.75 Å². The third kappa shape index (κ3) is 3.32. The predicted octanol–water partition coefficient (Wildman–Crippen LogP) is 2.45. The van der Waals surface area contributed by atoms with Gasteiger partial charge in [0.05, 0.1) is 20.6 Å². The van der Waals surface area contributed by atoms with Crippen molar-refractivity contribution in [2.45, 2.75) is 26.7 Å². The van der Waals surface area contributed by atoms with Crippen LogP contribution in [0.25, 0.3) is 0 Å². The van der Waals surface area contributed by atoms with Crippen molar-refractivity contribution in [3.8, 4) is 5.75 Å². The van der Waals surface area contributed by atoms with Crippen LogP contribution in [0.3, 0.4) is 0 Å². The Labute approximate surface area is 107 Å². The number of hydrogen-bond donors (Lipinski definition) is 0. The third-order valence-corrected chi connectivity index (χ3v) is 2.77. The molecule has 0 spiro atoms. The second-order valence-corrected chi connectivity index (χ2v) is 4.14. The highest BCUT2D eigenvalue weighted by atomic mass is 16.5. The summed E-state index contributed by atoms with van der Waals surface area (Å²) in [5.74, 6) is 0.360. The predicted molar refractivity (Wildman–Crippen MR) is 68.0 cm³/mol. The molecule has 98 valence electrons. The number of hydrogen-bond acceptors (Lipinski definition) is 4. The monoisotopic (exact) mass is 250 g/mol. The van der Waals surface area contributed by atoms with Crippen LogP contribution < -0.4 is 4.74 Å². The lowest BCUT2D eigenvalue weighted by molar-refractivity contribution is -0.140. The first kappa shape index (κ1) is 14.2. The molecule has 0 aliphatic rings. The van der Waals surface area contributed by atoms with Gasteiger partial charge in [-0.25, -0.2) is 0 Å². The summed E-state index contributed by atoms with van der Waals surface area (Å²) in [6, 6.07) is 3.57. The number of ether oxygens (including phenoxy) is 2. The van der Waals surface area contributed by atoms with E-state index in [2.05, 4.69) is 4.74 Å². The first-order valence-electron chi connectivity index (χ1n) is 5.74. The van der Waals surface area contributed by atoms with E-state index >= 15 is 0 Å². The van der Waals surface area contributed by atoms with Gasteiger partial charge in [-0.15, -0.1) is 0 Å². The fraction of sp³-hybridized carbons (Fsp3) is 0.429. The lowest BCUT2D eigenvalue weighted by atomic mass is 10.0. The second-order valence-electron chi connectivity index (χ2n) is 4.14. The first-order valence-corrected chi connectivity index (χ1v) is 5.74. The van der Waals surface area contributed by atoms with Crippen LogP contribution in [0.15, 0.2) is 12.1 Å². The average molecular weight is 250 g/mol. The molecule has 0 aromatic heterocycles. The summed E-state index contributed by atoms with van der Waals surface area (Å²) in [6.45, 7) is 3.78. The molecule has 1 aromatic rings. The number of methoxy groups -OCH3 is 2. The Kier molecular flexibility index (Phi) is 4.89. The van der Waals surface area contributed by atoms with Crippen molar-refractivity contribution in [3.05, 3.63) is 28.8 Å². The van der Waals surface area contributed by atoms with Crippen LogP contribution in [0.4, 0.5) is 0 Å². The Hall–Kier alpha value is -1.84. The molecule has 0 fully saturated rings. The number of benzene rings is 1. The van der Waals surface area contributed by atoms with Crippen molar-refractivity contribution in [3.63, 3.8) is 0 Å². The minimum absolute atomic E-state index is 0.0609. The van der Waals surface area contributed by atoms with E-state index in [0.29, 0.717) is 5.56 Å². The standard InChI is InChI=1S/C14H18O4/c1-9-7-11(8-10(2)14(9)18-4)12(15)5-6-13(16)17-3/h7-8H,5-6H2,1-4H3. The van der Waals surface area contributed by atoms with Gasteiger partial charge in [0.25, 0.3) is 0 Å². The van der Waals surface area contributed by atoms with Gasteiger partial charge in [-0.05, 0) is 37.1 Å². The maximum absolute atomic E-state index is 11.9. The van der Waals surface area contributed by atoms with Gasteiger partial charge in [0, 0.05) is 12.0 Å². The molecule has 4 nitrogen and oxygen atoms in total. The van der Waals surface area contributed by atoms with Crippen LogP contribution in [0.2, 0.25) is 0 Å². The highest BCUT2D eigenvalue weighted by molar-refractivity contribution is 5.98. The highest BCUT2D eigenvalue weighted by Crippen LogP contribution is 2.25. The van der Waals surface area contributed by atoms with Crippen molar-refractivity contribution in [2.24, 2.45) is 0 Å². The van der Waals surface area contributed by atoms with Crippen LogP contribution in [0, 0.1) is 13.8 Å². The van der Waals surface area contributed by atoms with Crippen LogP contribution in [-0.2, 0) is 9.53 Å². The van der Waals surface area contributed by atoms with E-state index < -0.39 is 0 Å². The molecule has 1 rings (SSSR count). The lowest BCUT2D eigenvalue weighted by Gasteiger charge is -2.10. The third-order valence-electron chi connectivity index (χ3n) is 2.77. The molecule has 18 heavy (non-hydrogen) atoms. The Balaban J connectivity index is 2.84. The zero-order valence-electron chi connectivity index (χ0n) is 11.2. The number of aryl methyl sites for hydroxylation is 2. The maximum atomic E-state index is 11.9. The van der Waals surface area contributed by atoms with Crippen LogP contribution in [0.1, 0.15) is 34.3 Å². The van der Waals surface area contributed by atoms with Crippen molar-refractivity contribution in [1.29, 1.82) is 0 Å². The molecule has 0 aliphatic heterocycles. The number of Topliss-reactive ketones (excluding diaryl/α,β-unsaturated/α-hetero) is 1. The van der Waals surface area contributed by atoms with Crippen LogP contribution >= 0.6 is 0 Å². The molecule has 0 bridgehead atoms. The molecule has 0 heterocycles. The van der Waals surface area contributed by atoms with Crippen molar-refractivity contribution >= 4 is 11.8 Å². The Morgan fingerprint density at radius 1 is 1.06 bits per heavy atom. The second kappa shape index (κ2) is 6.19. The molecule has 1 aromatic carbocycles. The quantitative estimate of drug-likeness (QED) is 0.595. The number of rotatable bonds is 5. The van der Waals surface area contributed by atoms with Crippen molar-refractivity contribution in [1.82, 2.24) is 0 Å². The topological polar surface area (TPSA) is 52.6 Å². The minimum atomic E-state index is -0.370. The van der Waals surface area contributed by atoms with Gasteiger partial charge in [-0.2, -0.15) is 0 Å². The molecule has 0 amide bonds. The molecule has 0 N–H and O–H groups in total. The largest absolute Gasteiger partial charge is 0.496 e. The summed E-state index contributed by atoms with van der Waals surface area (Å²) in [5, 5.41) is 0. The van der Waals surface area contributed by atoms with E-state index in [0.717, 1.165) is 16.9 Å². The summed E-state index contributed by atoms with van der Waals surface area (Å²) in [4.78, 5) is 22.9. The van der Waals surface area contributed by atoms with E-state index in [1.165, 1.54) is 7.11 Å². The van der Waals surface area contributed by atoms with E-state index in [9.17, 15) is 9.59 Å². The smallest absolute Gasteiger partial charge is 0.305 e. The number of carbonyl (C=O) groups is 2. The molecule has 0 radical (unpaired) electrons. The summed E-state index contributed by atoms with van der Waals surface area (Å²) in [6.07, 6.45) is 0.275. The van der Waals surface area contributed by atoms with Gasteiger partial charge in [-0.3, -0.25) is 9.59 Å². The summed E-state index contributed by atoms with van der Waals surface area (Å²) >= 11 is 0. The number of ketones is 1. The zero-order valence-corrected chi connectivity index (χ0v) is 11.2. The molecule has 0 saturated heterocycles. The molecular formula is C14H18O4. The molecule has 0 saturated carbocycles. The van der Waals surface area contributed by atoms with Gasteiger partial charge in [0.2, 0.25) is 0 Å². The highest BCUT2D eigenvalue weighted by Gasteiger charge is 2.12. The number of esters is 1. The summed E-state index contributed by atoms with van der Waals surface area (Å²) in [7, 11) is 2.92. The fourth-order valence-corrected chi connectivity index (χ4v) is 1.90. The normalized spacial score (nSPS) is 10.0. The minimum Gasteiger partial charge on any atom is -0.496 e. The van der Waals surface area contributed by atoms with Gasteiger partial charge in [0.15, 0.2) is 5.78 Å². The van der Waals surface area contributed by atoms with Gasteiger partial charge < -0.3 is 9.47 Å². The maximum Gasteiger partial charge on any atom is 0.305 e. The molecule has 0 atom stereocenters. The van der Waals surface area contributed by atoms with E-state index in [1.807, 2.05) is 13.8 Å². The summed E-state index contributed by atoms with van der Waals surface area (Å²) in [5.41, 5.74) is 2.44. The average Bonchev–Trinajstić information content (AvgIpc) is 2.34. The fourth-order valence-electron chi connectivity index (χ4n) is 1.90. The molecule has 0 unspecified atom stereocenters. The lowest BCUT2D eigenvalue weighted by Crippen LogP contribution is -2.07. The SMILES string of the molecule is COC(=O)CCC(=O)c1cc(C)c(OC)c(C)c1. The van der Waals surface area contributed by atoms with Gasteiger partial charge >= 0.3 is 5.97 Å². The zero-order chi connectivity index (χ0) is 13.7. The van der Waals surface area contributed by atoms with E-state index in [4.69, 9.17) is 4.74 Å². The van der Waals surface area contributed by atoms with E-state index in [-0.39, 0.29) is 24.6 Å². The van der Waals surface area contributed by atoms with Crippen molar-refractivity contribution in [2.75, 3.05) is 14.2 Å². The Morgan fingerprint density at radius 3 is 2.06 bits per heavy atom. The molecular weight excluding hydrogens is 232 g/mol. The van der Waals surface area contributed by atoms with E-state index in [1.54, 1.807) is 19.2 Å². The Bertz CT molecular complexity index is 440. The first-order chi connectivity index (χ1) is 8.49. The Morgan fingerprint density at radius 2 is 1.61 bits per heavy atom. The van der Waals surface area contributed by atoms with Crippen LogP contribution in [-0.4, -0.2) is 26.0 Å². The molecule has 4 heteroatoms. The van der Waals surface area contributed by atoms with Gasteiger partial charge in [-0.1, -0.05) is 0 Å². The van der Waals surface area contributed by atoms with Crippen molar-refractivity contribution < 1.29 is 19.1 Å².